The fourth-order valence-corrected chi connectivity index (χ4v) is 12.5. The molecule has 0 spiro atoms. The van der Waals surface area contributed by atoms with Crippen LogP contribution in [0.25, 0.3) is 64.0 Å². The van der Waals surface area contributed by atoms with Gasteiger partial charge in [0.1, 0.15) is 0 Å². The topological polar surface area (TPSA) is 6.48 Å². The number of hydrogen-bond acceptors (Lipinski definition) is 3. The van der Waals surface area contributed by atoms with Crippen molar-refractivity contribution in [2.75, 3.05) is 9.80 Å². The van der Waals surface area contributed by atoms with Crippen LogP contribution in [0.3, 0.4) is 0 Å². The zero-order valence-corrected chi connectivity index (χ0v) is 37.7. The molecule has 310 valence electrons. The van der Waals surface area contributed by atoms with Gasteiger partial charge in [0, 0.05) is 59.4 Å². The maximum Gasteiger partial charge on any atom is 0.0575 e. The van der Waals surface area contributed by atoms with Gasteiger partial charge in [-0.05, 0) is 133 Å². The van der Waals surface area contributed by atoms with Gasteiger partial charge in [0.05, 0.1) is 5.69 Å². The van der Waals surface area contributed by atoms with E-state index in [1.807, 2.05) is 11.3 Å². The lowest BCUT2D eigenvalue weighted by Crippen LogP contribution is -2.17. The monoisotopic (exact) mass is 850 g/mol. The van der Waals surface area contributed by atoms with E-state index in [0.29, 0.717) is 0 Å². The van der Waals surface area contributed by atoms with Crippen molar-refractivity contribution in [2.24, 2.45) is 0 Å². The highest BCUT2D eigenvalue weighted by Crippen LogP contribution is 2.55. The summed E-state index contributed by atoms with van der Waals surface area (Å²) in [6, 6.07) is 77.4. The molecule has 0 saturated carbocycles. The molecule has 2 aliphatic carbocycles. The quantitative estimate of drug-likeness (QED) is 0.164. The lowest BCUT2D eigenvalue weighted by molar-refractivity contribution is 0.660. The second-order valence-corrected chi connectivity index (χ2v) is 20.1. The number of benzene rings is 10. The van der Waals surface area contributed by atoms with Gasteiger partial charge in [-0.15, -0.1) is 11.3 Å². The van der Waals surface area contributed by atoms with E-state index in [4.69, 9.17) is 0 Å². The van der Waals surface area contributed by atoms with Crippen LogP contribution < -0.4 is 9.80 Å². The van der Waals surface area contributed by atoms with Crippen molar-refractivity contribution in [1.29, 1.82) is 0 Å². The molecule has 3 heteroatoms. The highest BCUT2D eigenvalue weighted by atomic mass is 32.1. The summed E-state index contributed by atoms with van der Waals surface area (Å²) in [5.41, 5.74) is 17.2. The Morgan fingerprint density at radius 1 is 0.323 bits per heavy atom. The largest absolute Gasteiger partial charge is 0.310 e. The predicted molar refractivity (Wildman–Crippen MR) is 279 cm³/mol. The third-order valence-corrected chi connectivity index (χ3v) is 15.7. The first kappa shape index (κ1) is 38.0. The van der Waals surface area contributed by atoms with Gasteiger partial charge in [-0.25, -0.2) is 0 Å². The van der Waals surface area contributed by atoms with E-state index in [1.165, 1.54) is 86.2 Å². The standard InChI is InChI=1S/C62H46N2S/c1-61(2)53-22-12-9-19-48(53)50-31-29-45(35-55(50)61)63(43-27-25-39-15-5-7-17-41(39)33-43)47-37-57(60-52-21-11-14-24-58(52)65-59(60)38-47)64(44-28-26-40-16-6-8-18-42(40)34-44)46-30-32-51-49-20-10-13-23-54(49)62(3,4)56(51)36-46/h5-38H,1-4H3. The van der Waals surface area contributed by atoms with E-state index in [9.17, 15) is 0 Å². The summed E-state index contributed by atoms with van der Waals surface area (Å²) >= 11 is 1.88. The molecule has 1 aromatic heterocycles. The predicted octanol–water partition coefficient (Wildman–Crippen LogP) is 17.9. The van der Waals surface area contributed by atoms with Crippen molar-refractivity contribution < 1.29 is 0 Å². The molecule has 0 unspecified atom stereocenters. The molecule has 0 amide bonds. The Hall–Kier alpha value is -7.46. The number of fused-ring (bicyclic) bond motifs is 11. The Kier molecular flexibility index (Phi) is 8.20. The Bertz CT molecular complexity index is 3760. The SMILES string of the molecule is CC1(C)c2ccccc2-c2ccc(N(c3ccc4ccccc4c3)c3cc(N(c4ccc5c(c4)C(C)(C)c4ccccc4-5)c4ccc5ccccc5c4)c4c(c3)sc3ccccc34)cc21. The Balaban J connectivity index is 1.10. The van der Waals surface area contributed by atoms with E-state index in [1.54, 1.807) is 0 Å². The molecule has 0 atom stereocenters. The number of hydrogen-bond donors (Lipinski definition) is 0. The first-order chi connectivity index (χ1) is 31.7. The van der Waals surface area contributed by atoms with Crippen LogP contribution in [0.1, 0.15) is 49.9 Å². The Morgan fingerprint density at radius 3 is 1.37 bits per heavy atom. The average Bonchev–Trinajstić information content (AvgIpc) is 3.91. The molecule has 0 radical (unpaired) electrons. The van der Waals surface area contributed by atoms with Crippen molar-refractivity contribution in [2.45, 2.75) is 38.5 Å². The molecule has 0 bridgehead atoms. The lowest BCUT2D eigenvalue weighted by Gasteiger charge is -2.32. The molecule has 0 aliphatic heterocycles. The fourth-order valence-electron chi connectivity index (χ4n) is 11.3. The Morgan fingerprint density at radius 2 is 0.769 bits per heavy atom. The molecule has 13 rings (SSSR count). The normalized spacial score (nSPS) is 14.1. The number of nitrogens with zero attached hydrogens (tertiary/aromatic N) is 2. The summed E-state index contributed by atoms with van der Waals surface area (Å²) < 4.78 is 2.53. The van der Waals surface area contributed by atoms with Crippen LogP contribution in [-0.2, 0) is 10.8 Å². The molecule has 0 fully saturated rings. The van der Waals surface area contributed by atoms with Crippen LogP contribution >= 0.6 is 11.3 Å². The molecule has 65 heavy (non-hydrogen) atoms. The van der Waals surface area contributed by atoms with E-state index in [2.05, 4.69) is 244 Å². The first-order valence-electron chi connectivity index (χ1n) is 22.7. The van der Waals surface area contributed by atoms with E-state index >= 15 is 0 Å². The molecule has 11 aromatic rings. The minimum absolute atomic E-state index is 0.147. The molecule has 0 saturated heterocycles. The fraction of sp³-hybridized carbons (Fsp3) is 0.0968. The van der Waals surface area contributed by atoms with Crippen molar-refractivity contribution in [3.05, 3.63) is 229 Å². The summed E-state index contributed by atoms with van der Waals surface area (Å²) in [4.78, 5) is 5.04. The molecule has 2 nitrogen and oxygen atoms in total. The van der Waals surface area contributed by atoms with E-state index in [-0.39, 0.29) is 10.8 Å². The second kappa shape index (κ2) is 14.0. The van der Waals surface area contributed by atoms with Gasteiger partial charge in [-0.2, -0.15) is 0 Å². The van der Waals surface area contributed by atoms with Crippen molar-refractivity contribution >= 4 is 87.2 Å². The van der Waals surface area contributed by atoms with E-state index < -0.39 is 0 Å². The average molecular weight is 851 g/mol. The molecular weight excluding hydrogens is 805 g/mol. The van der Waals surface area contributed by atoms with Crippen LogP contribution in [0.2, 0.25) is 0 Å². The zero-order valence-electron chi connectivity index (χ0n) is 36.9. The van der Waals surface area contributed by atoms with Crippen LogP contribution in [-0.4, -0.2) is 0 Å². The third kappa shape index (κ3) is 5.72. The van der Waals surface area contributed by atoms with Crippen LogP contribution in [0, 0.1) is 0 Å². The minimum atomic E-state index is -0.156. The number of anilines is 6. The van der Waals surface area contributed by atoms with E-state index in [0.717, 1.165) is 34.1 Å². The number of thiophene rings is 1. The van der Waals surface area contributed by atoms with Crippen molar-refractivity contribution in [3.8, 4) is 22.3 Å². The summed E-state index contributed by atoms with van der Waals surface area (Å²) in [5, 5.41) is 7.41. The van der Waals surface area contributed by atoms with Crippen LogP contribution in [0.4, 0.5) is 34.1 Å². The lowest BCUT2D eigenvalue weighted by atomic mass is 9.82. The summed E-state index contributed by atoms with van der Waals surface area (Å²) in [7, 11) is 0. The smallest absolute Gasteiger partial charge is 0.0575 e. The third-order valence-electron chi connectivity index (χ3n) is 14.6. The molecule has 2 aliphatic rings. The van der Waals surface area contributed by atoms with Crippen LogP contribution in [0.15, 0.2) is 206 Å². The second-order valence-electron chi connectivity index (χ2n) is 19.0. The van der Waals surface area contributed by atoms with Crippen LogP contribution in [0.5, 0.6) is 0 Å². The van der Waals surface area contributed by atoms with Crippen molar-refractivity contribution in [1.82, 2.24) is 0 Å². The van der Waals surface area contributed by atoms with Gasteiger partial charge in [-0.1, -0.05) is 167 Å². The molecule has 0 N–H and O–H groups in total. The molecule has 10 aromatic carbocycles. The molecule has 1 heterocycles. The highest BCUT2D eigenvalue weighted by molar-refractivity contribution is 7.26. The summed E-state index contributed by atoms with van der Waals surface area (Å²) in [6.07, 6.45) is 0. The van der Waals surface area contributed by atoms with Gasteiger partial charge in [0.25, 0.3) is 0 Å². The molecular formula is C62H46N2S. The highest BCUT2D eigenvalue weighted by Gasteiger charge is 2.37. The summed E-state index contributed by atoms with van der Waals surface area (Å²) in [6.45, 7) is 9.51. The maximum absolute atomic E-state index is 2.54. The maximum atomic E-state index is 2.54. The first-order valence-corrected chi connectivity index (χ1v) is 23.6. The Labute approximate surface area is 384 Å². The zero-order chi connectivity index (χ0) is 43.6. The summed E-state index contributed by atoms with van der Waals surface area (Å²) in [5.74, 6) is 0. The number of rotatable bonds is 6. The van der Waals surface area contributed by atoms with Gasteiger partial charge in [0.15, 0.2) is 0 Å². The van der Waals surface area contributed by atoms with Gasteiger partial charge in [0.2, 0.25) is 0 Å². The van der Waals surface area contributed by atoms with Gasteiger partial charge < -0.3 is 9.80 Å². The van der Waals surface area contributed by atoms with Gasteiger partial charge >= 0.3 is 0 Å². The van der Waals surface area contributed by atoms with Gasteiger partial charge in [-0.3, -0.25) is 0 Å². The minimum Gasteiger partial charge on any atom is -0.310 e. The van der Waals surface area contributed by atoms with Crippen molar-refractivity contribution in [3.63, 3.8) is 0 Å².